The molecule has 1 N–H and O–H groups in total. The molecule has 7 heteroatoms. The molecule has 0 bridgehead atoms. The summed E-state index contributed by atoms with van der Waals surface area (Å²) in [6.45, 7) is 2.41. The van der Waals surface area contributed by atoms with E-state index in [1.807, 2.05) is 0 Å². The van der Waals surface area contributed by atoms with Crippen LogP contribution < -0.4 is 0 Å². The van der Waals surface area contributed by atoms with Crippen molar-refractivity contribution in [3.05, 3.63) is 0 Å². The maximum Gasteiger partial charge on any atom is 0.383 e. The molecule has 0 saturated carbocycles. The summed E-state index contributed by atoms with van der Waals surface area (Å²) in [5.41, 5.74) is 0. The van der Waals surface area contributed by atoms with Crippen molar-refractivity contribution in [3.8, 4) is 0 Å². The van der Waals surface area contributed by atoms with Crippen LogP contribution in [0, 0.1) is 0 Å². The number of halogens is 4. The Labute approximate surface area is 97.4 Å². The van der Waals surface area contributed by atoms with Crippen molar-refractivity contribution < 1.29 is 27.5 Å². The van der Waals surface area contributed by atoms with Crippen molar-refractivity contribution in [1.29, 1.82) is 0 Å². The number of nitrogens with zero attached hydrogens (tertiary/aromatic N) is 1. The number of rotatable bonds is 7. The molecular formula is C10H17F4NO2. The molecule has 0 aliphatic heterocycles. The van der Waals surface area contributed by atoms with Gasteiger partial charge in [0.1, 0.15) is 0 Å². The molecule has 0 heterocycles. The van der Waals surface area contributed by atoms with Crippen molar-refractivity contribution in [2.24, 2.45) is 0 Å². The second-order valence-corrected chi connectivity index (χ2v) is 3.62. The van der Waals surface area contributed by atoms with Crippen LogP contribution in [0.3, 0.4) is 0 Å². The SMILES string of the molecule is CCC(CC)N(CCO)C(=O)C(F)(F)C(F)F. The zero-order valence-electron chi connectivity index (χ0n) is 9.80. The predicted molar refractivity (Wildman–Crippen MR) is 54.1 cm³/mol. The molecule has 0 radical (unpaired) electrons. The highest BCUT2D eigenvalue weighted by Crippen LogP contribution is 2.27. The third-order valence-electron chi connectivity index (χ3n) is 2.54. The van der Waals surface area contributed by atoms with Crippen LogP contribution in [-0.2, 0) is 4.79 Å². The Hall–Kier alpha value is -0.850. The van der Waals surface area contributed by atoms with Crippen LogP contribution in [0.15, 0.2) is 0 Å². The Balaban J connectivity index is 4.99. The Morgan fingerprint density at radius 2 is 1.76 bits per heavy atom. The molecule has 0 rings (SSSR count). The average Bonchev–Trinajstić information content (AvgIpc) is 2.28. The first kappa shape index (κ1) is 16.1. The van der Waals surface area contributed by atoms with Gasteiger partial charge in [0.25, 0.3) is 5.91 Å². The Morgan fingerprint density at radius 3 is 2.06 bits per heavy atom. The van der Waals surface area contributed by atoms with Gasteiger partial charge in [-0.15, -0.1) is 0 Å². The lowest BCUT2D eigenvalue weighted by atomic mass is 10.1. The minimum atomic E-state index is -4.70. The highest BCUT2D eigenvalue weighted by atomic mass is 19.3. The molecule has 0 aromatic carbocycles. The fraction of sp³-hybridized carbons (Fsp3) is 0.900. The molecule has 0 spiro atoms. The lowest BCUT2D eigenvalue weighted by molar-refractivity contribution is -0.183. The summed E-state index contributed by atoms with van der Waals surface area (Å²) in [4.78, 5) is 12.0. The highest BCUT2D eigenvalue weighted by molar-refractivity contribution is 5.84. The molecule has 0 aromatic heterocycles. The van der Waals surface area contributed by atoms with E-state index < -0.39 is 30.9 Å². The number of alkyl halides is 4. The van der Waals surface area contributed by atoms with E-state index in [1.165, 1.54) is 0 Å². The normalized spacial score (nSPS) is 12.3. The van der Waals surface area contributed by atoms with Crippen molar-refractivity contribution >= 4 is 5.91 Å². The van der Waals surface area contributed by atoms with Gasteiger partial charge in [-0.1, -0.05) is 13.8 Å². The number of aliphatic hydroxyl groups excluding tert-OH is 1. The molecule has 0 aliphatic carbocycles. The quantitative estimate of drug-likeness (QED) is 0.709. The molecule has 0 saturated heterocycles. The lowest BCUT2D eigenvalue weighted by Gasteiger charge is -2.32. The van der Waals surface area contributed by atoms with Gasteiger partial charge in [0.2, 0.25) is 0 Å². The van der Waals surface area contributed by atoms with Crippen molar-refractivity contribution in [1.82, 2.24) is 4.90 Å². The minimum absolute atomic E-state index is 0.363. The number of carbonyl (C=O) groups is 1. The van der Waals surface area contributed by atoms with E-state index in [-0.39, 0.29) is 6.54 Å². The number of hydrogen-bond acceptors (Lipinski definition) is 2. The van der Waals surface area contributed by atoms with Gasteiger partial charge in [0, 0.05) is 12.6 Å². The largest absolute Gasteiger partial charge is 0.395 e. The topological polar surface area (TPSA) is 40.5 Å². The second kappa shape index (κ2) is 6.78. The van der Waals surface area contributed by atoms with Gasteiger partial charge in [0.05, 0.1) is 6.61 Å². The van der Waals surface area contributed by atoms with Crippen LogP contribution in [0.25, 0.3) is 0 Å². The van der Waals surface area contributed by atoms with Gasteiger partial charge in [-0.2, -0.15) is 8.78 Å². The molecule has 1 amide bonds. The molecule has 102 valence electrons. The molecule has 3 nitrogen and oxygen atoms in total. The number of hydrogen-bond donors (Lipinski definition) is 1. The first-order chi connectivity index (χ1) is 7.82. The maximum atomic E-state index is 12.9. The fourth-order valence-corrected chi connectivity index (χ4v) is 1.57. The van der Waals surface area contributed by atoms with Gasteiger partial charge in [0.15, 0.2) is 0 Å². The average molecular weight is 259 g/mol. The Bertz CT molecular complexity index is 244. The zero-order valence-corrected chi connectivity index (χ0v) is 9.80. The predicted octanol–water partition coefficient (Wildman–Crippen LogP) is 1.90. The molecular weight excluding hydrogens is 242 g/mol. The smallest absolute Gasteiger partial charge is 0.383 e. The van der Waals surface area contributed by atoms with Gasteiger partial charge < -0.3 is 10.0 Å². The van der Waals surface area contributed by atoms with E-state index in [2.05, 4.69) is 0 Å². The summed E-state index contributed by atoms with van der Waals surface area (Å²) in [7, 11) is 0. The Kier molecular flexibility index (Phi) is 6.44. The van der Waals surface area contributed by atoms with Crippen LogP contribution in [0.5, 0.6) is 0 Å². The summed E-state index contributed by atoms with van der Waals surface area (Å²) in [6.07, 6.45) is -3.31. The molecule has 0 aliphatic rings. The second-order valence-electron chi connectivity index (χ2n) is 3.62. The van der Waals surface area contributed by atoms with Crippen molar-refractivity contribution in [2.45, 2.75) is 45.1 Å². The lowest BCUT2D eigenvalue weighted by Crippen LogP contribution is -2.52. The monoisotopic (exact) mass is 259 g/mol. The highest BCUT2D eigenvalue weighted by Gasteiger charge is 2.51. The summed E-state index contributed by atoms with van der Waals surface area (Å²) in [5.74, 6) is -6.62. The van der Waals surface area contributed by atoms with Crippen LogP contribution in [0.4, 0.5) is 17.6 Å². The van der Waals surface area contributed by atoms with Crippen LogP contribution in [0.2, 0.25) is 0 Å². The minimum Gasteiger partial charge on any atom is -0.395 e. The van der Waals surface area contributed by atoms with Crippen molar-refractivity contribution in [3.63, 3.8) is 0 Å². The maximum absolute atomic E-state index is 12.9. The third-order valence-corrected chi connectivity index (χ3v) is 2.54. The molecule has 0 atom stereocenters. The van der Waals surface area contributed by atoms with E-state index in [0.29, 0.717) is 17.7 Å². The molecule has 0 unspecified atom stereocenters. The molecule has 17 heavy (non-hydrogen) atoms. The van der Waals surface area contributed by atoms with Gasteiger partial charge in [-0.25, -0.2) is 8.78 Å². The Morgan fingerprint density at radius 1 is 1.29 bits per heavy atom. The zero-order chi connectivity index (χ0) is 13.6. The third kappa shape index (κ3) is 3.83. The summed E-state index contributed by atoms with van der Waals surface area (Å²) < 4.78 is 50.0. The number of carbonyl (C=O) groups excluding carboxylic acids is 1. The fourth-order valence-electron chi connectivity index (χ4n) is 1.57. The first-order valence-electron chi connectivity index (χ1n) is 5.40. The van der Waals surface area contributed by atoms with E-state index in [1.54, 1.807) is 13.8 Å². The number of amides is 1. The van der Waals surface area contributed by atoms with E-state index in [9.17, 15) is 22.4 Å². The van der Waals surface area contributed by atoms with Crippen LogP contribution >= 0.6 is 0 Å². The van der Waals surface area contributed by atoms with E-state index in [0.717, 1.165) is 0 Å². The standard InChI is InChI=1S/C10H17F4NO2/c1-3-7(4-2)15(5-6-16)9(17)10(13,14)8(11)12/h7-8,16H,3-6H2,1-2H3. The van der Waals surface area contributed by atoms with Crippen molar-refractivity contribution in [2.75, 3.05) is 13.2 Å². The van der Waals surface area contributed by atoms with E-state index in [4.69, 9.17) is 5.11 Å². The molecule has 0 fully saturated rings. The van der Waals surface area contributed by atoms with Crippen LogP contribution in [-0.4, -0.2) is 47.5 Å². The van der Waals surface area contributed by atoms with Gasteiger partial charge in [-0.3, -0.25) is 4.79 Å². The van der Waals surface area contributed by atoms with E-state index >= 15 is 0 Å². The summed E-state index contributed by atoms with van der Waals surface area (Å²) in [6, 6.07) is -0.570. The first-order valence-corrected chi connectivity index (χ1v) is 5.40. The molecule has 0 aromatic rings. The summed E-state index contributed by atoms with van der Waals surface area (Å²) in [5, 5.41) is 8.70. The van der Waals surface area contributed by atoms with Crippen LogP contribution in [0.1, 0.15) is 26.7 Å². The summed E-state index contributed by atoms with van der Waals surface area (Å²) >= 11 is 0. The van der Waals surface area contributed by atoms with Gasteiger partial charge >= 0.3 is 12.3 Å². The van der Waals surface area contributed by atoms with Gasteiger partial charge in [-0.05, 0) is 12.8 Å². The number of aliphatic hydroxyl groups is 1.